The number of hydrogen-bond acceptors (Lipinski definition) is 3. The summed E-state index contributed by atoms with van der Waals surface area (Å²) in [5, 5.41) is 4.08. The zero-order valence-electron chi connectivity index (χ0n) is 9.73. The van der Waals surface area contributed by atoms with E-state index < -0.39 is 0 Å². The molecule has 3 nitrogen and oxygen atoms in total. The summed E-state index contributed by atoms with van der Waals surface area (Å²) in [6.07, 6.45) is 4.73. The van der Waals surface area contributed by atoms with Crippen LogP contribution in [0.5, 0.6) is 0 Å². The van der Waals surface area contributed by atoms with Gasteiger partial charge in [0.1, 0.15) is 0 Å². The van der Waals surface area contributed by atoms with Gasteiger partial charge in [-0.2, -0.15) is 0 Å². The molecule has 1 saturated heterocycles. The SMILES string of the molecule is CNC1CCN(Cc2ccncc2Cl)C1.Cl.Cl. The number of halogens is 3. The lowest BCUT2D eigenvalue weighted by Gasteiger charge is -2.16. The molecule has 98 valence electrons. The maximum Gasteiger partial charge on any atom is 0.0634 e. The van der Waals surface area contributed by atoms with E-state index in [0.29, 0.717) is 6.04 Å². The van der Waals surface area contributed by atoms with Gasteiger partial charge < -0.3 is 5.32 Å². The maximum atomic E-state index is 6.07. The summed E-state index contributed by atoms with van der Waals surface area (Å²) in [6.45, 7) is 3.18. The van der Waals surface area contributed by atoms with E-state index in [9.17, 15) is 0 Å². The highest BCUT2D eigenvalue weighted by Gasteiger charge is 2.21. The summed E-state index contributed by atoms with van der Waals surface area (Å²) in [7, 11) is 2.02. The molecule has 1 fully saturated rings. The van der Waals surface area contributed by atoms with E-state index in [2.05, 4.69) is 15.2 Å². The summed E-state index contributed by atoms with van der Waals surface area (Å²) in [4.78, 5) is 6.41. The van der Waals surface area contributed by atoms with Gasteiger partial charge in [0.2, 0.25) is 0 Å². The average Bonchev–Trinajstić information content (AvgIpc) is 2.69. The van der Waals surface area contributed by atoms with Gasteiger partial charge >= 0.3 is 0 Å². The van der Waals surface area contributed by atoms with Crippen molar-refractivity contribution in [1.82, 2.24) is 15.2 Å². The Hall–Kier alpha value is -0.0600. The highest BCUT2D eigenvalue weighted by molar-refractivity contribution is 6.31. The molecule has 1 atom stereocenters. The van der Waals surface area contributed by atoms with E-state index in [-0.39, 0.29) is 24.8 Å². The highest BCUT2D eigenvalue weighted by Crippen LogP contribution is 2.18. The predicted octanol–water partition coefficient (Wildman–Crippen LogP) is 2.37. The third-order valence-electron chi connectivity index (χ3n) is 2.93. The molecule has 1 N–H and O–H groups in total. The zero-order valence-corrected chi connectivity index (χ0v) is 12.1. The van der Waals surface area contributed by atoms with Crippen molar-refractivity contribution in [3.05, 3.63) is 29.0 Å². The third-order valence-corrected chi connectivity index (χ3v) is 3.27. The molecule has 1 aromatic heterocycles. The van der Waals surface area contributed by atoms with Crippen molar-refractivity contribution in [2.45, 2.75) is 19.0 Å². The van der Waals surface area contributed by atoms with E-state index in [1.807, 2.05) is 13.1 Å². The molecule has 0 aliphatic carbocycles. The molecular formula is C11H18Cl3N3. The zero-order chi connectivity index (χ0) is 10.7. The minimum absolute atomic E-state index is 0. The van der Waals surface area contributed by atoms with Crippen LogP contribution in [-0.4, -0.2) is 36.1 Å². The lowest BCUT2D eigenvalue weighted by Crippen LogP contribution is -2.29. The van der Waals surface area contributed by atoms with Crippen LogP contribution in [0, 0.1) is 0 Å². The minimum Gasteiger partial charge on any atom is -0.316 e. The third kappa shape index (κ3) is 4.60. The van der Waals surface area contributed by atoms with Gasteiger partial charge in [-0.25, -0.2) is 0 Å². The highest BCUT2D eigenvalue weighted by atomic mass is 35.5. The van der Waals surface area contributed by atoms with Crippen molar-refractivity contribution in [1.29, 1.82) is 0 Å². The molecule has 0 amide bonds. The first-order valence-electron chi connectivity index (χ1n) is 5.27. The van der Waals surface area contributed by atoms with Crippen LogP contribution in [0.4, 0.5) is 0 Å². The molecule has 2 heterocycles. The number of aromatic nitrogens is 1. The van der Waals surface area contributed by atoms with Gasteiger partial charge in [0.15, 0.2) is 0 Å². The Balaban J connectivity index is 0.00000128. The number of hydrogen-bond donors (Lipinski definition) is 1. The average molecular weight is 299 g/mol. The van der Waals surface area contributed by atoms with E-state index >= 15 is 0 Å². The van der Waals surface area contributed by atoms with Crippen molar-refractivity contribution in [2.24, 2.45) is 0 Å². The van der Waals surface area contributed by atoms with Crippen LogP contribution in [-0.2, 0) is 6.54 Å². The quantitative estimate of drug-likeness (QED) is 0.928. The fourth-order valence-electron chi connectivity index (χ4n) is 1.99. The van der Waals surface area contributed by atoms with Gasteiger partial charge in [0, 0.05) is 38.1 Å². The van der Waals surface area contributed by atoms with Gasteiger partial charge in [-0.05, 0) is 25.1 Å². The number of pyridine rings is 1. The first kappa shape index (κ1) is 16.9. The van der Waals surface area contributed by atoms with E-state index in [0.717, 1.165) is 24.7 Å². The lowest BCUT2D eigenvalue weighted by atomic mass is 10.2. The molecule has 0 radical (unpaired) electrons. The monoisotopic (exact) mass is 297 g/mol. The van der Waals surface area contributed by atoms with Crippen molar-refractivity contribution in [3.8, 4) is 0 Å². The number of likely N-dealkylation sites (N-methyl/N-ethyl adjacent to an activating group) is 1. The molecule has 1 unspecified atom stereocenters. The number of nitrogens with one attached hydrogen (secondary N) is 1. The number of rotatable bonds is 3. The Morgan fingerprint density at radius 3 is 2.88 bits per heavy atom. The van der Waals surface area contributed by atoms with Gasteiger partial charge in [-0.1, -0.05) is 11.6 Å². The standard InChI is InChI=1S/C11H16ClN3.2ClH/c1-13-10-3-5-15(8-10)7-9-2-4-14-6-11(9)12;;/h2,4,6,10,13H,3,5,7-8H2,1H3;2*1H. The summed E-state index contributed by atoms with van der Waals surface area (Å²) in [5.74, 6) is 0. The molecule has 17 heavy (non-hydrogen) atoms. The molecule has 1 aromatic rings. The van der Waals surface area contributed by atoms with E-state index in [1.165, 1.54) is 12.0 Å². The van der Waals surface area contributed by atoms with Gasteiger partial charge in [0.05, 0.1) is 5.02 Å². The van der Waals surface area contributed by atoms with Crippen LogP contribution in [0.3, 0.4) is 0 Å². The second kappa shape index (κ2) is 8.11. The normalized spacial score (nSPS) is 19.5. The Kier molecular flexibility index (Phi) is 8.09. The fraction of sp³-hybridized carbons (Fsp3) is 0.545. The number of likely N-dealkylation sites (tertiary alicyclic amines) is 1. The summed E-state index contributed by atoms with van der Waals surface area (Å²) in [6, 6.07) is 2.63. The van der Waals surface area contributed by atoms with E-state index in [4.69, 9.17) is 11.6 Å². The molecular weight excluding hydrogens is 281 g/mol. The molecule has 1 aliphatic heterocycles. The number of nitrogens with zero attached hydrogens (tertiary/aromatic N) is 2. The summed E-state index contributed by atoms with van der Waals surface area (Å²) >= 11 is 6.07. The Morgan fingerprint density at radius 2 is 2.29 bits per heavy atom. The molecule has 0 aromatic carbocycles. The second-order valence-electron chi connectivity index (χ2n) is 3.98. The Morgan fingerprint density at radius 1 is 1.53 bits per heavy atom. The van der Waals surface area contributed by atoms with E-state index in [1.54, 1.807) is 12.4 Å². The molecule has 2 rings (SSSR count). The molecule has 6 heteroatoms. The largest absolute Gasteiger partial charge is 0.316 e. The van der Waals surface area contributed by atoms with Gasteiger partial charge in [-0.15, -0.1) is 24.8 Å². The van der Waals surface area contributed by atoms with Crippen molar-refractivity contribution >= 4 is 36.4 Å². The van der Waals surface area contributed by atoms with Crippen molar-refractivity contribution in [3.63, 3.8) is 0 Å². The molecule has 0 spiro atoms. The molecule has 0 bridgehead atoms. The molecule has 1 aliphatic rings. The predicted molar refractivity (Wildman–Crippen MR) is 76.5 cm³/mol. The van der Waals surface area contributed by atoms with Crippen LogP contribution in [0.1, 0.15) is 12.0 Å². The second-order valence-corrected chi connectivity index (χ2v) is 4.38. The van der Waals surface area contributed by atoms with Gasteiger partial charge in [0.25, 0.3) is 0 Å². The van der Waals surface area contributed by atoms with Crippen molar-refractivity contribution in [2.75, 3.05) is 20.1 Å². The first-order valence-corrected chi connectivity index (χ1v) is 5.65. The Labute approximate surface area is 120 Å². The summed E-state index contributed by atoms with van der Waals surface area (Å²) < 4.78 is 0. The Bertz CT molecular complexity index is 335. The lowest BCUT2D eigenvalue weighted by molar-refractivity contribution is 0.322. The first-order chi connectivity index (χ1) is 7.29. The maximum absolute atomic E-state index is 6.07. The van der Waals surface area contributed by atoms with Gasteiger partial charge in [-0.3, -0.25) is 9.88 Å². The topological polar surface area (TPSA) is 28.2 Å². The van der Waals surface area contributed by atoms with Crippen LogP contribution >= 0.6 is 36.4 Å². The van der Waals surface area contributed by atoms with Crippen LogP contribution in [0.25, 0.3) is 0 Å². The van der Waals surface area contributed by atoms with Crippen LogP contribution in [0.2, 0.25) is 5.02 Å². The fourth-order valence-corrected chi connectivity index (χ4v) is 2.16. The summed E-state index contributed by atoms with van der Waals surface area (Å²) in [5.41, 5.74) is 1.17. The minimum atomic E-state index is 0. The van der Waals surface area contributed by atoms with Crippen LogP contribution in [0.15, 0.2) is 18.5 Å². The molecule has 0 saturated carbocycles. The van der Waals surface area contributed by atoms with Crippen molar-refractivity contribution < 1.29 is 0 Å². The smallest absolute Gasteiger partial charge is 0.0634 e. The van der Waals surface area contributed by atoms with Crippen LogP contribution < -0.4 is 5.32 Å².